The van der Waals surface area contributed by atoms with E-state index >= 15 is 0 Å². The molecule has 26 heavy (non-hydrogen) atoms. The van der Waals surface area contributed by atoms with E-state index in [9.17, 15) is 14.7 Å². The van der Waals surface area contributed by atoms with Crippen molar-refractivity contribution in [1.29, 1.82) is 0 Å². The van der Waals surface area contributed by atoms with Gasteiger partial charge in [-0.3, -0.25) is 4.79 Å². The Morgan fingerprint density at radius 3 is 2.50 bits per heavy atom. The second-order valence-electron chi connectivity index (χ2n) is 10.3. The number of fused-ring (bicyclic) bond motifs is 3. The van der Waals surface area contributed by atoms with Crippen LogP contribution in [-0.2, 0) is 14.3 Å². The molecule has 0 amide bonds. The van der Waals surface area contributed by atoms with Crippen LogP contribution in [0.2, 0.25) is 0 Å². The van der Waals surface area contributed by atoms with Gasteiger partial charge >= 0.3 is 5.97 Å². The van der Waals surface area contributed by atoms with Crippen LogP contribution in [0.1, 0.15) is 66.2 Å². The Bertz CT molecular complexity index is 707. The molecule has 0 saturated heterocycles. The highest BCUT2D eigenvalue weighted by Gasteiger charge is 2.69. The lowest BCUT2D eigenvalue weighted by Crippen LogP contribution is -2.60. The Kier molecular flexibility index (Phi) is 3.65. The second kappa shape index (κ2) is 5.21. The molecule has 0 aromatic carbocycles. The van der Waals surface area contributed by atoms with Gasteiger partial charge in [0.1, 0.15) is 0 Å². The highest BCUT2D eigenvalue weighted by Crippen LogP contribution is 2.72. The molecule has 2 bridgehead atoms. The lowest BCUT2D eigenvalue weighted by molar-refractivity contribution is -0.166. The number of ketones is 1. The van der Waals surface area contributed by atoms with Crippen LogP contribution in [0.15, 0.2) is 11.6 Å². The molecular formula is C22H32O4. The van der Waals surface area contributed by atoms with Crippen LogP contribution in [0.3, 0.4) is 0 Å². The van der Waals surface area contributed by atoms with Crippen molar-refractivity contribution >= 4 is 11.8 Å². The monoisotopic (exact) mass is 360 g/mol. The number of esters is 1. The molecule has 4 nitrogen and oxygen atoms in total. The normalized spacial score (nSPS) is 49.1. The first-order valence-corrected chi connectivity index (χ1v) is 10.1. The first kappa shape index (κ1) is 18.2. The van der Waals surface area contributed by atoms with Gasteiger partial charge in [-0.05, 0) is 67.8 Å². The molecule has 6 atom stereocenters. The molecule has 1 N–H and O–H groups in total. The summed E-state index contributed by atoms with van der Waals surface area (Å²) in [5.74, 6) is 0.454. The van der Waals surface area contributed by atoms with E-state index in [-0.39, 0.29) is 28.5 Å². The molecule has 0 aromatic rings. The van der Waals surface area contributed by atoms with Gasteiger partial charge < -0.3 is 9.84 Å². The predicted molar refractivity (Wildman–Crippen MR) is 98.2 cm³/mol. The summed E-state index contributed by atoms with van der Waals surface area (Å²) >= 11 is 0. The van der Waals surface area contributed by atoms with Crippen LogP contribution >= 0.6 is 0 Å². The van der Waals surface area contributed by atoms with Gasteiger partial charge in [-0.15, -0.1) is 0 Å². The molecule has 3 fully saturated rings. The van der Waals surface area contributed by atoms with E-state index in [0.717, 1.165) is 38.5 Å². The smallest absolute Gasteiger partial charge is 0.334 e. The van der Waals surface area contributed by atoms with E-state index in [0.29, 0.717) is 17.4 Å². The Morgan fingerprint density at radius 1 is 1.19 bits per heavy atom. The number of hydrogen-bond acceptors (Lipinski definition) is 4. The third-order valence-electron chi connectivity index (χ3n) is 9.05. The molecule has 4 aliphatic rings. The third-order valence-corrected chi connectivity index (χ3v) is 9.05. The van der Waals surface area contributed by atoms with Gasteiger partial charge in [0.05, 0.1) is 12.7 Å². The molecule has 4 aliphatic carbocycles. The maximum Gasteiger partial charge on any atom is 0.334 e. The summed E-state index contributed by atoms with van der Waals surface area (Å²) < 4.78 is 4.98. The fourth-order valence-electron chi connectivity index (χ4n) is 7.78. The minimum absolute atomic E-state index is 0.0833. The zero-order valence-electron chi connectivity index (χ0n) is 16.7. The van der Waals surface area contributed by atoms with Crippen molar-refractivity contribution in [1.82, 2.24) is 0 Å². The van der Waals surface area contributed by atoms with E-state index in [1.54, 1.807) is 6.08 Å². The van der Waals surface area contributed by atoms with Gasteiger partial charge in [0, 0.05) is 16.4 Å². The van der Waals surface area contributed by atoms with Crippen LogP contribution in [-0.4, -0.2) is 29.6 Å². The molecule has 3 saturated carbocycles. The van der Waals surface area contributed by atoms with Gasteiger partial charge in [0.2, 0.25) is 0 Å². The maximum atomic E-state index is 13.4. The van der Waals surface area contributed by atoms with E-state index in [1.165, 1.54) is 7.11 Å². The van der Waals surface area contributed by atoms with Crippen LogP contribution in [0.25, 0.3) is 0 Å². The molecule has 1 spiro atoms. The van der Waals surface area contributed by atoms with Crippen molar-refractivity contribution in [3.05, 3.63) is 11.6 Å². The summed E-state index contributed by atoms with van der Waals surface area (Å²) in [5, 5.41) is 11.1. The topological polar surface area (TPSA) is 63.6 Å². The van der Waals surface area contributed by atoms with E-state index in [2.05, 4.69) is 27.7 Å². The first-order valence-electron chi connectivity index (χ1n) is 10.1. The summed E-state index contributed by atoms with van der Waals surface area (Å²) in [5.41, 5.74) is -0.768. The zero-order valence-corrected chi connectivity index (χ0v) is 16.7. The molecule has 4 heteroatoms. The standard InChI is InChI=1S/C22H32O4/c1-13-11-21-8-6-15-19(2,3)14(18(24)26-5)10-17(23)20(15,4)16(21)7-9-22(13,25)12-21/h10,13,15-16,25H,6-9,11-12H2,1-5H3/t13-,15+,16-,20+,21+,22+/m1/s1. The minimum Gasteiger partial charge on any atom is -0.466 e. The van der Waals surface area contributed by atoms with Crippen LogP contribution in [0, 0.1) is 34.0 Å². The van der Waals surface area contributed by atoms with Crippen LogP contribution in [0.4, 0.5) is 0 Å². The van der Waals surface area contributed by atoms with Crippen molar-refractivity contribution in [2.24, 2.45) is 34.0 Å². The van der Waals surface area contributed by atoms with Crippen molar-refractivity contribution in [3.8, 4) is 0 Å². The molecule has 0 aromatic heterocycles. The minimum atomic E-state index is -0.542. The highest BCUT2D eigenvalue weighted by atomic mass is 16.5. The number of methoxy groups -OCH3 is 1. The van der Waals surface area contributed by atoms with Crippen LogP contribution < -0.4 is 0 Å². The van der Waals surface area contributed by atoms with E-state index in [4.69, 9.17) is 4.74 Å². The molecule has 0 unspecified atom stereocenters. The van der Waals surface area contributed by atoms with E-state index < -0.39 is 11.0 Å². The lowest BCUT2D eigenvalue weighted by atomic mass is 9.41. The summed E-state index contributed by atoms with van der Waals surface area (Å²) in [6.45, 7) is 8.51. The van der Waals surface area contributed by atoms with Gasteiger partial charge in [0.15, 0.2) is 5.78 Å². The summed E-state index contributed by atoms with van der Waals surface area (Å²) in [6, 6.07) is 0. The predicted octanol–water partition coefficient (Wildman–Crippen LogP) is 3.67. The Balaban J connectivity index is 1.81. The summed E-state index contributed by atoms with van der Waals surface area (Å²) in [4.78, 5) is 25.7. The van der Waals surface area contributed by atoms with Crippen LogP contribution in [0.5, 0.6) is 0 Å². The Hall–Kier alpha value is -1.16. The fourth-order valence-corrected chi connectivity index (χ4v) is 7.78. The fraction of sp³-hybridized carbons (Fsp3) is 0.818. The summed E-state index contributed by atoms with van der Waals surface area (Å²) in [7, 11) is 1.38. The molecule has 4 rings (SSSR count). The van der Waals surface area contributed by atoms with Crippen molar-refractivity contribution in [2.45, 2.75) is 71.8 Å². The van der Waals surface area contributed by atoms with Crippen molar-refractivity contribution < 1.29 is 19.4 Å². The Labute approximate surface area is 156 Å². The first-order chi connectivity index (χ1) is 12.0. The third kappa shape index (κ3) is 2.00. The largest absolute Gasteiger partial charge is 0.466 e. The van der Waals surface area contributed by atoms with Gasteiger partial charge in [-0.2, -0.15) is 0 Å². The molecular weight excluding hydrogens is 328 g/mol. The molecule has 144 valence electrons. The second-order valence-corrected chi connectivity index (χ2v) is 10.3. The molecule has 0 heterocycles. The zero-order chi connectivity index (χ0) is 19.1. The molecule has 0 radical (unpaired) electrons. The van der Waals surface area contributed by atoms with E-state index in [1.807, 2.05) is 0 Å². The van der Waals surface area contributed by atoms with Gasteiger partial charge in [-0.25, -0.2) is 4.79 Å². The number of carbonyl (C=O) groups is 2. The quantitative estimate of drug-likeness (QED) is 0.725. The number of carbonyl (C=O) groups excluding carboxylic acids is 2. The highest BCUT2D eigenvalue weighted by molar-refractivity contribution is 6.05. The average Bonchev–Trinajstić information content (AvgIpc) is 2.74. The number of aliphatic hydroxyl groups is 1. The summed E-state index contributed by atoms with van der Waals surface area (Å²) in [6.07, 6.45) is 7.15. The molecule has 0 aliphatic heterocycles. The van der Waals surface area contributed by atoms with Crippen molar-refractivity contribution in [3.63, 3.8) is 0 Å². The number of hydrogen-bond donors (Lipinski definition) is 1. The SMILES string of the molecule is COC(=O)C1=CC(=O)[C@@]2(C)[C@@H](CC[C@@]34C[C@@H](C)[C@](O)(CC[C@@H]32)C4)C1(C)C. The number of rotatable bonds is 1. The van der Waals surface area contributed by atoms with Gasteiger partial charge in [-0.1, -0.05) is 27.7 Å². The lowest BCUT2D eigenvalue weighted by Gasteiger charge is -2.62. The number of ether oxygens (including phenoxy) is 1. The van der Waals surface area contributed by atoms with Gasteiger partial charge in [0.25, 0.3) is 0 Å². The van der Waals surface area contributed by atoms with Crippen molar-refractivity contribution in [2.75, 3.05) is 7.11 Å². The number of allylic oxidation sites excluding steroid dienone is 1. The average molecular weight is 360 g/mol. The Morgan fingerprint density at radius 2 is 1.85 bits per heavy atom. The maximum absolute atomic E-state index is 13.4.